The van der Waals surface area contributed by atoms with Gasteiger partial charge in [0.15, 0.2) is 0 Å². The summed E-state index contributed by atoms with van der Waals surface area (Å²) in [7, 11) is 0. The standard InChI is InChI=1S/C10H18O3/c1-2-3-4-5-8(11)9-6-7-10(12)13-9/h8-9,11H,2-7H2,1H3/t8-,9-/m1/s1/i8D,9D. The maximum atomic E-state index is 10.9. The van der Waals surface area contributed by atoms with Crippen molar-refractivity contribution in [3.05, 3.63) is 0 Å². The lowest BCUT2D eigenvalue weighted by molar-refractivity contribution is -0.145. The average Bonchev–Trinajstić information content (AvgIpc) is 2.48. The van der Waals surface area contributed by atoms with E-state index in [0.29, 0.717) is 6.42 Å². The molecule has 1 heterocycles. The van der Waals surface area contributed by atoms with Gasteiger partial charge in [0.05, 0.1) is 8.82 Å². The van der Waals surface area contributed by atoms with Gasteiger partial charge in [0.1, 0.15) is 6.08 Å². The summed E-state index contributed by atoms with van der Waals surface area (Å²) in [5.41, 5.74) is 0. The molecule has 0 bridgehead atoms. The highest BCUT2D eigenvalue weighted by atomic mass is 16.6. The lowest BCUT2D eigenvalue weighted by Crippen LogP contribution is -2.25. The maximum Gasteiger partial charge on any atom is 0.306 e. The van der Waals surface area contributed by atoms with Gasteiger partial charge < -0.3 is 9.84 Å². The van der Waals surface area contributed by atoms with Gasteiger partial charge in [-0.3, -0.25) is 4.79 Å². The highest BCUT2D eigenvalue weighted by Crippen LogP contribution is 2.20. The Balaban J connectivity index is 2.55. The molecule has 0 aromatic carbocycles. The summed E-state index contributed by atoms with van der Waals surface area (Å²) < 4.78 is 20.2. The van der Waals surface area contributed by atoms with E-state index < -0.39 is 18.1 Å². The van der Waals surface area contributed by atoms with Crippen LogP contribution >= 0.6 is 0 Å². The number of hydrogen-bond donors (Lipinski definition) is 1. The first kappa shape index (κ1) is 7.80. The Morgan fingerprint density at radius 2 is 2.62 bits per heavy atom. The van der Waals surface area contributed by atoms with E-state index in [9.17, 15) is 9.90 Å². The van der Waals surface area contributed by atoms with Gasteiger partial charge in [-0.1, -0.05) is 26.2 Å². The van der Waals surface area contributed by atoms with Gasteiger partial charge in [0.25, 0.3) is 0 Å². The molecule has 3 heteroatoms. The molecular weight excluding hydrogens is 168 g/mol. The minimum absolute atomic E-state index is 0.109. The lowest BCUT2D eigenvalue weighted by atomic mass is 10.0. The number of carbonyl (C=O) groups is 1. The van der Waals surface area contributed by atoms with Crippen LogP contribution in [0, 0.1) is 0 Å². The number of esters is 1. The first-order valence-electron chi connectivity index (χ1n) is 5.85. The zero-order valence-electron chi connectivity index (χ0n) is 10.0. The van der Waals surface area contributed by atoms with Crippen LogP contribution in [0.3, 0.4) is 0 Å². The van der Waals surface area contributed by atoms with Crippen LogP contribution in [0.2, 0.25) is 0 Å². The van der Waals surface area contributed by atoms with Crippen molar-refractivity contribution < 1.29 is 17.4 Å². The third-order valence-corrected chi connectivity index (χ3v) is 2.13. The molecule has 1 saturated heterocycles. The molecule has 3 nitrogen and oxygen atoms in total. The van der Waals surface area contributed by atoms with E-state index in [1.165, 1.54) is 0 Å². The second kappa shape index (κ2) is 5.22. The largest absolute Gasteiger partial charge is 0.460 e. The van der Waals surface area contributed by atoms with Gasteiger partial charge in [-0.05, 0) is 12.8 Å². The number of hydrogen-bond acceptors (Lipinski definition) is 3. The zero-order chi connectivity index (χ0) is 11.5. The van der Waals surface area contributed by atoms with Crippen LogP contribution in [0.5, 0.6) is 0 Å². The van der Waals surface area contributed by atoms with Crippen molar-refractivity contribution in [2.45, 2.75) is 57.6 Å². The molecule has 1 aliphatic heterocycles. The van der Waals surface area contributed by atoms with Gasteiger partial charge in [0, 0.05) is 6.42 Å². The van der Waals surface area contributed by atoms with Gasteiger partial charge in [-0.25, -0.2) is 0 Å². The third kappa shape index (κ3) is 3.35. The monoisotopic (exact) mass is 188 g/mol. The fourth-order valence-corrected chi connectivity index (χ4v) is 1.34. The van der Waals surface area contributed by atoms with Crippen molar-refractivity contribution in [3.63, 3.8) is 0 Å². The molecule has 0 saturated carbocycles. The minimum Gasteiger partial charge on any atom is -0.460 e. The number of carbonyl (C=O) groups excluding carboxylic acids is 1. The molecule has 2 atom stereocenters. The van der Waals surface area contributed by atoms with E-state index in [1.54, 1.807) is 0 Å². The van der Waals surface area contributed by atoms with Crippen molar-refractivity contribution >= 4 is 5.97 Å². The van der Waals surface area contributed by atoms with Gasteiger partial charge in [-0.15, -0.1) is 0 Å². The van der Waals surface area contributed by atoms with Crippen LogP contribution in [-0.2, 0) is 9.53 Å². The molecule has 0 aromatic rings. The number of rotatable bonds is 5. The quantitative estimate of drug-likeness (QED) is 0.527. The summed E-state index contributed by atoms with van der Waals surface area (Å²) >= 11 is 0. The Kier molecular flexibility index (Phi) is 3.13. The van der Waals surface area contributed by atoms with Crippen molar-refractivity contribution in [1.29, 1.82) is 0 Å². The number of unbranched alkanes of at least 4 members (excludes halogenated alkanes) is 2. The van der Waals surface area contributed by atoms with E-state index in [4.69, 9.17) is 7.48 Å². The molecule has 0 aromatic heterocycles. The van der Waals surface area contributed by atoms with Crippen LogP contribution in [0.4, 0.5) is 0 Å². The smallest absolute Gasteiger partial charge is 0.306 e. The summed E-state index contributed by atoms with van der Waals surface area (Å²) in [6.45, 7) is 2.02. The average molecular weight is 188 g/mol. The summed E-state index contributed by atoms with van der Waals surface area (Å²) in [5.74, 6) is -0.494. The molecule has 13 heavy (non-hydrogen) atoms. The molecule has 1 rings (SSSR count). The topological polar surface area (TPSA) is 46.5 Å². The van der Waals surface area contributed by atoms with Crippen molar-refractivity contribution in [2.75, 3.05) is 0 Å². The Morgan fingerprint density at radius 3 is 3.15 bits per heavy atom. The van der Waals surface area contributed by atoms with E-state index in [2.05, 4.69) is 0 Å². The number of aliphatic hydroxyl groups is 1. The Morgan fingerprint density at radius 1 is 1.85 bits per heavy atom. The van der Waals surface area contributed by atoms with Crippen molar-refractivity contribution in [3.8, 4) is 0 Å². The molecule has 1 fully saturated rings. The maximum absolute atomic E-state index is 10.9. The number of ether oxygens (including phenoxy) is 1. The van der Waals surface area contributed by atoms with E-state index in [-0.39, 0.29) is 19.3 Å². The fourth-order valence-electron chi connectivity index (χ4n) is 1.34. The molecule has 0 unspecified atom stereocenters. The van der Waals surface area contributed by atoms with Gasteiger partial charge in [0.2, 0.25) is 0 Å². The Bertz CT molecular complexity index is 243. The first-order valence-corrected chi connectivity index (χ1v) is 4.85. The molecule has 1 aliphatic rings. The van der Waals surface area contributed by atoms with Crippen LogP contribution in [0.1, 0.15) is 48.2 Å². The van der Waals surface area contributed by atoms with Gasteiger partial charge >= 0.3 is 5.97 Å². The number of cyclic esters (lactones) is 1. The Hall–Kier alpha value is -0.570. The van der Waals surface area contributed by atoms with E-state index in [1.807, 2.05) is 6.92 Å². The van der Waals surface area contributed by atoms with Crippen LogP contribution < -0.4 is 0 Å². The highest BCUT2D eigenvalue weighted by Gasteiger charge is 2.29. The molecule has 1 N–H and O–H groups in total. The summed E-state index contributed by atoms with van der Waals surface area (Å²) in [4.78, 5) is 10.9. The van der Waals surface area contributed by atoms with E-state index in [0.717, 1.165) is 12.8 Å². The fraction of sp³-hybridized carbons (Fsp3) is 0.900. The van der Waals surface area contributed by atoms with Crippen molar-refractivity contribution in [2.24, 2.45) is 0 Å². The van der Waals surface area contributed by atoms with E-state index >= 15 is 0 Å². The molecular formula is C10H18O3. The van der Waals surface area contributed by atoms with Crippen LogP contribution in [-0.4, -0.2) is 23.2 Å². The molecule has 0 aliphatic carbocycles. The highest BCUT2D eigenvalue weighted by molar-refractivity contribution is 5.71. The summed E-state index contributed by atoms with van der Waals surface area (Å²) in [6.07, 6.45) is -0.763. The lowest BCUT2D eigenvalue weighted by Gasteiger charge is -2.16. The third-order valence-electron chi connectivity index (χ3n) is 2.13. The summed E-state index contributed by atoms with van der Waals surface area (Å²) in [6, 6.07) is 0. The minimum atomic E-state index is -1.98. The normalized spacial score (nSPS) is 34.8. The first-order chi connectivity index (χ1) is 6.91. The predicted octanol–water partition coefficient (Wildman–Crippen LogP) is 1.63. The second-order valence-corrected chi connectivity index (χ2v) is 3.30. The Labute approximate surface area is 81.9 Å². The van der Waals surface area contributed by atoms with Crippen molar-refractivity contribution in [1.82, 2.24) is 0 Å². The van der Waals surface area contributed by atoms with Crippen LogP contribution in [0.15, 0.2) is 0 Å². The summed E-state index contributed by atoms with van der Waals surface area (Å²) in [5, 5.41) is 9.82. The van der Waals surface area contributed by atoms with Gasteiger partial charge in [-0.2, -0.15) is 0 Å². The zero-order valence-corrected chi connectivity index (χ0v) is 8.01. The molecule has 76 valence electrons. The SMILES string of the molecule is [2H][C@]1([C@]([2H])(O)CCCCC)CCC(=O)O1. The molecule has 0 radical (unpaired) electrons. The van der Waals surface area contributed by atoms with Crippen LogP contribution in [0.25, 0.3) is 0 Å². The molecule has 0 spiro atoms. The predicted molar refractivity (Wildman–Crippen MR) is 49.3 cm³/mol. The second-order valence-electron chi connectivity index (χ2n) is 3.30. The molecule has 0 amide bonds.